The fourth-order valence-electron chi connectivity index (χ4n) is 1.95. The van der Waals surface area contributed by atoms with E-state index >= 15 is 0 Å². The Hall–Kier alpha value is -2.66. The molecule has 23 heavy (non-hydrogen) atoms. The molecule has 5 heteroatoms. The third-order valence-electron chi connectivity index (χ3n) is 3.09. The van der Waals surface area contributed by atoms with Crippen molar-refractivity contribution < 1.29 is 9.53 Å². The predicted molar refractivity (Wildman–Crippen MR) is 96.1 cm³/mol. The van der Waals surface area contributed by atoms with E-state index in [2.05, 4.69) is 10.6 Å². The summed E-state index contributed by atoms with van der Waals surface area (Å²) in [6.07, 6.45) is 3.11. The highest BCUT2D eigenvalue weighted by molar-refractivity contribution is 7.80. The van der Waals surface area contributed by atoms with E-state index in [1.807, 2.05) is 54.6 Å². The zero-order chi connectivity index (χ0) is 16.5. The highest BCUT2D eigenvalue weighted by atomic mass is 32.1. The molecule has 0 aliphatic rings. The second-order valence-electron chi connectivity index (χ2n) is 4.73. The Morgan fingerprint density at radius 1 is 1.13 bits per heavy atom. The van der Waals surface area contributed by atoms with Crippen LogP contribution >= 0.6 is 12.2 Å². The first-order valence-corrected chi connectivity index (χ1v) is 7.53. The fourth-order valence-corrected chi connectivity index (χ4v) is 2.12. The number of para-hydroxylation sites is 1. The number of thiocarbonyl (C=S) groups is 1. The Labute approximate surface area is 141 Å². The number of rotatable bonds is 5. The SMILES string of the molecule is COc1ccccc1C=CC(=O)NC(=S)NCc1ccccc1. The van der Waals surface area contributed by atoms with Crippen molar-refractivity contribution in [2.45, 2.75) is 6.54 Å². The van der Waals surface area contributed by atoms with Gasteiger partial charge in [0.05, 0.1) is 7.11 Å². The zero-order valence-electron chi connectivity index (χ0n) is 12.8. The number of carbonyl (C=O) groups excluding carboxylic acids is 1. The number of carbonyl (C=O) groups is 1. The number of hydrogen-bond acceptors (Lipinski definition) is 3. The Morgan fingerprint density at radius 3 is 2.57 bits per heavy atom. The van der Waals surface area contributed by atoms with Crippen molar-refractivity contribution in [3.8, 4) is 5.75 Å². The van der Waals surface area contributed by atoms with Crippen LogP contribution in [0.1, 0.15) is 11.1 Å². The molecule has 2 aromatic carbocycles. The number of hydrogen-bond donors (Lipinski definition) is 2. The number of benzene rings is 2. The normalized spacial score (nSPS) is 10.3. The first-order valence-electron chi connectivity index (χ1n) is 7.13. The second-order valence-corrected chi connectivity index (χ2v) is 5.14. The van der Waals surface area contributed by atoms with Crippen LogP contribution in [-0.2, 0) is 11.3 Å². The minimum atomic E-state index is -0.290. The molecule has 0 spiro atoms. The van der Waals surface area contributed by atoms with E-state index in [-0.39, 0.29) is 5.91 Å². The molecule has 0 saturated carbocycles. The topological polar surface area (TPSA) is 50.4 Å². The summed E-state index contributed by atoms with van der Waals surface area (Å²) in [5.41, 5.74) is 1.92. The molecule has 0 unspecified atom stereocenters. The van der Waals surface area contributed by atoms with E-state index in [4.69, 9.17) is 17.0 Å². The van der Waals surface area contributed by atoms with Gasteiger partial charge in [-0.3, -0.25) is 10.1 Å². The van der Waals surface area contributed by atoms with Crippen LogP contribution in [0.4, 0.5) is 0 Å². The lowest BCUT2D eigenvalue weighted by molar-refractivity contribution is -0.115. The monoisotopic (exact) mass is 326 g/mol. The molecular weight excluding hydrogens is 308 g/mol. The van der Waals surface area contributed by atoms with Crippen LogP contribution < -0.4 is 15.4 Å². The van der Waals surface area contributed by atoms with E-state index < -0.39 is 0 Å². The van der Waals surface area contributed by atoms with E-state index in [0.717, 1.165) is 11.1 Å². The second kappa shape index (κ2) is 8.70. The molecule has 118 valence electrons. The van der Waals surface area contributed by atoms with Crippen LogP contribution in [-0.4, -0.2) is 18.1 Å². The van der Waals surface area contributed by atoms with Crippen LogP contribution in [0.5, 0.6) is 5.75 Å². The molecule has 0 bridgehead atoms. The molecule has 1 amide bonds. The number of nitrogens with one attached hydrogen (secondary N) is 2. The molecule has 0 fully saturated rings. The highest BCUT2D eigenvalue weighted by Gasteiger charge is 2.02. The summed E-state index contributed by atoms with van der Waals surface area (Å²) < 4.78 is 5.23. The van der Waals surface area contributed by atoms with Crippen LogP contribution in [0.2, 0.25) is 0 Å². The minimum absolute atomic E-state index is 0.290. The molecule has 0 saturated heterocycles. The lowest BCUT2D eigenvalue weighted by Gasteiger charge is -2.08. The van der Waals surface area contributed by atoms with E-state index in [1.165, 1.54) is 6.08 Å². The third kappa shape index (κ3) is 5.56. The maximum absolute atomic E-state index is 11.9. The van der Waals surface area contributed by atoms with Gasteiger partial charge < -0.3 is 10.1 Å². The highest BCUT2D eigenvalue weighted by Crippen LogP contribution is 2.18. The summed E-state index contributed by atoms with van der Waals surface area (Å²) in [7, 11) is 1.59. The fraction of sp³-hybridized carbons (Fsp3) is 0.111. The summed E-state index contributed by atoms with van der Waals surface area (Å²) in [6.45, 7) is 0.566. The molecule has 2 aromatic rings. The van der Waals surface area contributed by atoms with Crippen LogP contribution in [0, 0.1) is 0 Å². The molecule has 0 aromatic heterocycles. The Bertz CT molecular complexity index is 699. The van der Waals surface area contributed by atoms with Gasteiger partial charge in [-0.2, -0.15) is 0 Å². The van der Waals surface area contributed by atoms with Gasteiger partial charge in [-0.15, -0.1) is 0 Å². The standard InChI is InChI=1S/C18H18N2O2S/c1-22-16-10-6-5-9-15(16)11-12-17(21)20-18(23)19-13-14-7-3-2-4-8-14/h2-12H,13H2,1H3,(H2,19,20,21,23). The average Bonchev–Trinajstić information content (AvgIpc) is 2.59. The zero-order valence-corrected chi connectivity index (χ0v) is 13.6. The Morgan fingerprint density at radius 2 is 1.83 bits per heavy atom. The Balaban J connectivity index is 1.84. The largest absolute Gasteiger partial charge is 0.496 e. The van der Waals surface area contributed by atoms with Gasteiger partial charge in [0.15, 0.2) is 5.11 Å². The molecule has 0 atom stereocenters. The number of methoxy groups -OCH3 is 1. The average molecular weight is 326 g/mol. The summed E-state index contributed by atoms with van der Waals surface area (Å²) in [4.78, 5) is 11.9. The maximum Gasteiger partial charge on any atom is 0.250 e. The van der Waals surface area contributed by atoms with Crippen molar-refractivity contribution in [2.75, 3.05) is 7.11 Å². The number of ether oxygens (including phenoxy) is 1. The van der Waals surface area contributed by atoms with Crippen molar-refractivity contribution in [3.05, 3.63) is 71.8 Å². The third-order valence-corrected chi connectivity index (χ3v) is 3.33. The quantitative estimate of drug-likeness (QED) is 0.655. The van der Waals surface area contributed by atoms with Gasteiger partial charge in [-0.25, -0.2) is 0 Å². The van der Waals surface area contributed by atoms with E-state index in [1.54, 1.807) is 13.2 Å². The summed E-state index contributed by atoms with van der Waals surface area (Å²) >= 11 is 5.11. The van der Waals surface area contributed by atoms with Gasteiger partial charge in [-0.1, -0.05) is 48.5 Å². The predicted octanol–water partition coefficient (Wildman–Crippen LogP) is 2.90. The van der Waals surface area contributed by atoms with Crippen molar-refractivity contribution >= 4 is 29.3 Å². The van der Waals surface area contributed by atoms with Gasteiger partial charge in [0.2, 0.25) is 5.91 Å². The van der Waals surface area contributed by atoms with Gasteiger partial charge in [0.25, 0.3) is 0 Å². The molecule has 2 rings (SSSR count). The lowest BCUT2D eigenvalue weighted by atomic mass is 10.2. The molecule has 0 heterocycles. The van der Waals surface area contributed by atoms with E-state index in [9.17, 15) is 4.79 Å². The Kier molecular flexibility index (Phi) is 6.32. The molecule has 0 aliphatic carbocycles. The van der Waals surface area contributed by atoms with Gasteiger partial charge in [0, 0.05) is 18.2 Å². The van der Waals surface area contributed by atoms with Gasteiger partial charge in [0.1, 0.15) is 5.75 Å². The van der Waals surface area contributed by atoms with Crippen molar-refractivity contribution in [1.82, 2.24) is 10.6 Å². The first-order chi connectivity index (χ1) is 11.2. The van der Waals surface area contributed by atoms with Gasteiger partial charge in [-0.05, 0) is 29.9 Å². The van der Waals surface area contributed by atoms with Crippen molar-refractivity contribution in [2.24, 2.45) is 0 Å². The molecular formula is C18H18N2O2S. The minimum Gasteiger partial charge on any atom is -0.496 e. The molecule has 4 nitrogen and oxygen atoms in total. The lowest BCUT2D eigenvalue weighted by Crippen LogP contribution is -2.37. The van der Waals surface area contributed by atoms with Crippen molar-refractivity contribution in [1.29, 1.82) is 0 Å². The van der Waals surface area contributed by atoms with E-state index in [0.29, 0.717) is 17.4 Å². The molecule has 0 radical (unpaired) electrons. The van der Waals surface area contributed by atoms with Crippen LogP contribution in [0.25, 0.3) is 6.08 Å². The molecule has 0 aliphatic heterocycles. The van der Waals surface area contributed by atoms with Crippen molar-refractivity contribution in [3.63, 3.8) is 0 Å². The summed E-state index contributed by atoms with van der Waals surface area (Å²) in [5, 5.41) is 5.90. The number of amides is 1. The van der Waals surface area contributed by atoms with Crippen LogP contribution in [0.15, 0.2) is 60.7 Å². The first kappa shape index (κ1) is 16.7. The van der Waals surface area contributed by atoms with Crippen LogP contribution in [0.3, 0.4) is 0 Å². The smallest absolute Gasteiger partial charge is 0.250 e. The summed E-state index contributed by atoms with van der Waals surface area (Å²) in [6, 6.07) is 17.3. The maximum atomic E-state index is 11.9. The summed E-state index contributed by atoms with van der Waals surface area (Å²) in [5.74, 6) is 0.419. The molecule has 2 N–H and O–H groups in total. The van der Waals surface area contributed by atoms with Gasteiger partial charge >= 0.3 is 0 Å².